The molecular formula is C19H25N3O3. The summed E-state index contributed by atoms with van der Waals surface area (Å²) in [4.78, 5) is 14.5. The first-order valence-corrected chi connectivity index (χ1v) is 8.66. The number of likely N-dealkylation sites (tertiary alicyclic amines) is 1. The Hall–Kier alpha value is -2.34. The Morgan fingerprint density at radius 2 is 1.96 bits per heavy atom. The summed E-state index contributed by atoms with van der Waals surface area (Å²) in [6.45, 7) is 2.88. The maximum atomic E-state index is 12.7. The molecule has 2 aromatic rings. The van der Waals surface area contributed by atoms with E-state index in [1.54, 1.807) is 17.9 Å². The van der Waals surface area contributed by atoms with Crippen molar-refractivity contribution in [2.24, 2.45) is 13.0 Å². The molecule has 1 aliphatic rings. The number of hydrogen-bond acceptors (Lipinski definition) is 4. The molecule has 0 radical (unpaired) electrons. The van der Waals surface area contributed by atoms with Gasteiger partial charge in [-0.1, -0.05) is 30.3 Å². The van der Waals surface area contributed by atoms with Gasteiger partial charge in [0.1, 0.15) is 5.56 Å². The molecule has 6 nitrogen and oxygen atoms in total. The smallest absolute Gasteiger partial charge is 0.260 e. The first-order valence-electron chi connectivity index (χ1n) is 8.66. The van der Waals surface area contributed by atoms with Crippen molar-refractivity contribution in [1.82, 2.24) is 14.7 Å². The van der Waals surface area contributed by atoms with Crippen molar-refractivity contribution >= 4 is 5.91 Å². The average Bonchev–Trinajstić information content (AvgIpc) is 3.03. The average molecular weight is 343 g/mol. The summed E-state index contributed by atoms with van der Waals surface area (Å²) in [7, 11) is 3.32. The third-order valence-corrected chi connectivity index (χ3v) is 4.59. The number of piperidine rings is 1. The van der Waals surface area contributed by atoms with Crippen molar-refractivity contribution in [2.45, 2.75) is 19.4 Å². The Balaban J connectivity index is 1.46. The van der Waals surface area contributed by atoms with Gasteiger partial charge in [0.05, 0.1) is 13.7 Å². The van der Waals surface area contributed by atoms with E-state index in [-0.39, 0.29) is 5.91 Å². The maximum absolute atomic E-state index is 12.7. The van der Waals surface area contributed by atoms with E-state index >= 15 is 0 Å². The number of rotatable bonds is 6. The number of methoxy groups -OCH3 is 1. The second kappa shape index (κ2) is 8.16. The third kappa shape index (κ3) is 4.39. The standard InChI is InChI=1S/C19H25N3O3/c1-21-12-17(18(20-21)24-2)19(23)22-10-8-16(9-11-22)14-25-13-15-6-4-3-5-7-15/h3-7,12,16H,8-11,13-14H2,1-2H3. The van der Waals surface area contributed by atoms with Gasteiger partial charge in [0, 0.05) is 32.9 Å². The van der Waals surface area contributed by atoms with Crippen LogP contribution in [-0.4, -0.2) is 47.4 Å². The second-order valence-corrected chi connectivity index (χ2v) is 6.46. The van der Waals surface area contributed by atoms with Crippen molar-refractivity contribution in [3.63, 3.8) is 0 Å². The van der Waals surface area contributed by atoms with Crippen LogP contribution in [0.1, 0.15) is 28.8 Å². The number of aromatic nitrogens is 2. The first kappa shape index (κ1) is 17.5. The van der Waals surface area contributed by atoms with Crippen molar-refractivity contribution in [2.75, 3.05) is 26.8 Å². The third-order valence-electron chi connectivity index (χ3n) is 4.59. The first-order chi connectivity index (χ1) is 12.2. The number of aryl methyl sites for hydroxylation is 1. The Morgan fingerprint density at radius 3 is 2.64 bits per heavy atom. The molecule has 0 aliphatic carbocycles. The molecular weight excluding hydrogens is 318 g/mol. The Kier molecular flexibility index (Phi) is 5.71. The van der Waals surface area contributed by atoms with E-state index in [0.717, 1.165) is 32.5 Å². The van der Waals surface area contributed by atoms with E-state index in [9.17, 15) is 4.79 Å². The predicted octanol–water partition coefficient (Wildman–Crippen LogP) is 2.50. The lowest BCUT2D eigenvalue weighted by molar-refractivity contribution is 0.0477. The van der Waals surface area contributed by atoms with Gasteiger partial charge in [-0.15, -0.1) is 5.10 Å². The zero-order valence-corrected chi connectivity index (χ0v) is 14.9. The van der Waals surface area contributed by atoms with Gasteiger partial charge in [0.15, 0.2) is 0 Å². The number of amides is 1. The molecule has 0 atom stereocenters. The summed E-state index contributed by atoms with van der Waals surface area (Å²) in [6.07, 6.45) is 3.64. The molecule has 0 N–H and O–H groups in total. The molecule has 0 bridgehead atoms. The Morgan fingerprint density at radius 1 is 1.24 bits per heavy atom. The summed E-state index contributed by atoms with van der Waals surface area (Å²) in [5.74, 6) is 0.887. The van der Waals surface area contributed by atoms with E-state index in [2.05, 4.69) is 17.2 Å². The van der Waals surface area contributed by atoms with Crippen LogP contribution in [0.2, 0.25) is 0 Å². The topological polar surface area (TPSA) is 56.6 Å². The summed E-state index contributed by atoms with van der Waals surface area (Å²) >= 11 is 0. The van der Waals surface area contributed by atoms with Gasteiger partial charge in [0.25, 0.3) is 5.91 Å². The lowest BCUT2D eigenvalue weighted by atomic mass is 9.97. The molecule has 0 unspecified atom stereocenters. The van der Waals surface area contributed by atoms with E-state index < -0.39 is 0 Å². The molecule has 0 saturated carbocycles. The quantitative estimate of drug-likeness (QED) is 0.809. The summed E-state index contributed by atoms with van der Waals surface area (Å²) in [5.41, 5.74) is 1.72. The van der Waals surface area contributed by atoms with Crippen LogP contribution >= 0.6 is 0 Å². The minimum atomic E-state index is -0.00592. The number of nitrogens with zero attached hydrogens (tertiary/aromatic N) is 3. The van der Waals surface area contributed by atoms with Crippen LogP contribution in [0.25, 0.3) is 0 Å². The van der Waals surface area contributed by atoms with Gasteiger partial charge < -0.3 is 14.4 Å². The van der Waals surface area contributed by atoms with Crippen LogP contribution in [0, 0.1) is 5.92 Å². The number of ether oxygens (including phenoxy) is 2. The number of hydrogen-bond donors (Lipinski definition) is 0. The fraction of sp³-hybridized carbons (Fsp3) is 0.474. The Bertz CT molecular complexity index is 691. The molecule has 25 heavy (non-hydrogen) atoms. The van der Waals surface area contributed by atoms with E-state index in [0.29, 0.717) is 24.0 Å². The number of carbonyl (C=O) groups is 1. The number of benzene rings is 1. The van der Waals surface area contributed by atoms with E-state index in [1.807, 2.05) is 23.1 Å². The van der Waals surface area contributed by atoms with Crippen LogP contribution in [0.5, 0.6) is 5.88 Å². The zero-order chi connectivity index (χ0) is 17.6. The van der Waals surface area contributed by atoms with Crippen molar-refractivity contribution < 1.29 is 14.3 Å². The normalized spacial score (nSPS) is 15.4. The van der Waals surface area contributed by atoms with Gasteiger partial charge in [0.2, 0.25) is 5.88 Å². The molecule has 1 amide bonds. The van der Waals surface area contributed by atoms with E-state index in [1.165, 1.54) is 12.7 Å². The molecule has 1 aliphatic heterocycles. The fourth-order valence-electron chi connectivity index (χ4n) is 3.16. The molecule has 1 aromatic heterocycles. The monoisotopic (exact) mass is 343 g/mol. The molecule has 134 valence electrons. The highest BCUT2D eigenvalue weighted by Gasteiger charge is 2.27. The fourth-order valence-corrected chi connectivity index (χ4v) is 3.16. The van der Waals surface area contributed by atoms with Gasteiger partial charge in [-0.05, 0) is 24.3 Å². The van der Waals surface area contributed by atoms with Gasteiger partial charge in [-0.3, -0.25) is 9.48 Å². The van der Waals surface area contributed by atoms with Crippen LogP contribution in [-0.2, 0) is 18.4 Å². The van der Waals surface area contributed by atoms with Crippen molar-refractivity contribution in [3.05, 3.63) is 47.7 Å². The van der Waals surface area contributed by atoms with Gasteiger partial charge in [-0.2, -0.15) is 0 Å². The minimum Gasteiger partial charge on any atom is -0.479 e. The second-order valence-electron chi connectivity index (χ2n) is 6.46. The molecule has 3 rings (SSSR count). The Labute approximate surface area is 148 Å². The molecule has 1 aromatic carbocycles. The van der Waals surface area contributed by atoms with Gasteiger partial charge in [-0.25, -0.2) is 0 Å². The summed E-state index contributed by atoms with van der Waals surface area (Å²) in [5, 5.41) is 4.16. The van der Waals surface area contributed by atoms with Crippen LogP contribution in [0.15, 0.2) is 36.5 Å². The molecule has 2 heterocycles. The van der Waals surface area contributed by atoms with Crippen LogP contribution in [0.4, 0.5) is 0 Å². The molecule has 6 heteroatoms. The highest BCUT2D eigenvalue weighted by molar-refractivity contribution is 5.96. The predicted molar refractivity (Wildman–Crippen MR) is 94.5 cm³/mol. The SMILES string of the molecule is COc1nn(C)cc1C(=O)N1CCC(COCc2ccccc2)CC1. The molecule has 1 fully saturated rings. The minimum absolute atomic E-state index is 0.00592. The molecule has 0 spiro atoms. The highest BCUT2D eigenvalue weighted by Crippen LogP contribution is 2.23. The van der Waals surface area contributed by atoms with Crippen molar-refractivity contribution in [3.8, 4) is 5.88 Å². The van der Waals surface area contributed by atoms with Crippen molar-refractivity contribution in [1.29, 1.82) is 0 Å². The lowest BCUT2D eigenvalue weighted by Gasteiger charge is -2.31. The van der Waals surface area contributed by atoms with Crippen LogP contribution in [0.3, 0.4) is 0 Å². The zero-order valence-electron chi connectivity index (χ0n) is 14.9. The summed E-state index contributed by atoms with van der Waals surface area (Å²) in [6, 6.07) is 10.2. The highest BCUT2D eigenvalue weighted by atomic mass is 16.5. The van der Waals surface area contributed by atoms with Crippen LogP contribution < -0.4 is 4.74 Å². The number of carbonyl (C=O) groups excluding carboxylic acids is 1. The largest absolute Gasteiger partial charge is 0.479 e. The molecule has 1 saturated heterocycles. The maximum Gasteiger partial charge on any atom is 0.260 e. The summed E-state index contributed by atoms with van der Waals surface area (Å²) < 4.78 is 12.6. The lowest BCUT2D eigenvalue weighted by Crippen LogP contribution is -2.39. The van der Waals surface area contributed by atoms with Gasteiger partial charge >= 0.3 is 0 Å². The van der Waals surface area contributed by atoms with E-state index in [4.69, 9.17) is 9.47 Å².